The third kappa shape index (κ3) is 4.72. The lowest BCUT2D eigenvalue weighted by Gasteiger charge is -2.41. The number of nitrogens with two attached hydrogens (primary N) is 1. The average molecular weight is 459 g/mol. The summed E-state index contributed by atoms with van der Waals surface area (Å²) in [6.07, 6.45) is -0.545. The molecular weight excluding hydrogens is 424 g/mol. The number of β-amino-alcohol motifs (C(OH)–C–C–N with tert-alkyl or cyclic N) is 1. The standard InChI is InChI=1S/C24H34N4O3S/c1-14(16-7-9-17(10-8-16)20-15(2)26-13-32-20)27-21(30)19-11-18(29)12-28(19)22(31)24(6,25)23(3,4)5/h7-10,13-14,18-19,29H,11-12,25H2,1-6H3,(H,27,30)/t14-,18+,19-,24-/m0/s1. The van der Waals surface area contributed by atoms with E-state index in [-0.39, 0.29) is 30.8 Å². The molecule has 0 radical (unpaired) electrons. The van der Waals surface area contributed by atoms with E-state index in [1.807, 2.05) is 64.4 Å². The van der Waals surface area contributed by atoms with Crippen LogP contribution in [0.5, 0.6) is 0 Å². The number of aliphatic hydroxyl groups excluding tert-OH is 1. The number of carbonyl (C=O) groups excluding carboxylic acids is 2. The molecule has 1 aromatic carbocycles. The first kappa shape index (κ1) is 24.4. The van der Waals surface area contributed by atoms with Crippen LogP contribution in [0.3, 0.4) is 0 Å². The Bertz CT molecular complexity index is 978. The minimum atomic E-state index is -1.16. The van der Waals surface area contributed by atoms with E-state index in [0.29, 0.717) is 0 Å². The molecule has 3 rings (SSSR count). The van der Waals surface area contributed by atoms with Crippen LogP contribution in [0.2, 0.25) is 0 Å². The molecule has 1 saturated heterocycles. The Kier molecular flexibility index (Phi) is 6.79. The number of thiazole rings is 1. The van der Waals surface area contributed by atoms with Crippen molar-refractivity contribution in [1.29, 1.82) is 0 Å². The van der Waals surface area contributed by atoms with Crippen molar-refractivity contribution in [3.05, 3.63) is 41.0 Å². The molecule has 0 aliphatic carbocycles. The van der Waals surface area contributed by atoms with Crippen molar-refractivity contribution in [2.45, 2.75) is 71.7 Å². The van der Waals surface area contributed by atoms with Gasteiger partial charge in [-0.3, -0.25) is 9.59 Å². The number of aryl methyl sites for hydroxylation is 1. The molecule has 0 spiro atoms. The number of benzene rings is 1. The van der Waals surface area contributed by atoms with Crippen molar-refractivity contribution >= 4 is 23.2 Å². The fourth-order valence-electron chi connectivity index (χ4n) is 3.80. The summed E-state index contributed by atoms with van der Waals surface area (Å²) in [4.78, 5) is 33.2. The summed E-state index contributed by atoms with van der Waals surface area (Å²) in [5.74, 6) is -0.604. The number of rotatable bonds is 5. The van der Waals surface area contributed by atoms with Gasteiger partial charge in [0.15, 0.2) is 0 Å². The SMILES string of the molecule is Cc1ncsc1-c1ccc([C@H](C)NC(=O)[C@@H]2C[C@@H](O)CN2C(=O)[C@](C)(N)C(C)(C)C)cc1. The fourth-order valence-corrected chi connectivity index (χ4v) is 4.61. The normalized spacial score (nSPS) is 21.8. The third-order valence-corrected chi connectivity index (χ3v) is 7.60. The molecule has 2 aromatic rings. The highest BCUT2D eigenvalue weighted by Gasteiger charge is 2.48. The average Bonchev–Trinajstić information content (AvgIpc) is 3.32. The van der Waals surface area contributed by atoms with E-state index >= 15 is 0 Å². The zero-order valence-corrected chi connectivity index (χ0v) is 20.5. The summed E-state index contributed by atoms with van der Waals surface area (Å²) < 4.78 is 0. The van der Waals surface area contributed by atoms with Crippen molar-refractivity contribution in [1.82, 2.24) is 15.2 Å². The number of nitrogens with one attached hydrogen (secondary N) is 1. The van der Waals surface area contributed by atoms with Crippen molar-refractivity contribution < 1.29 is 14.7 Å². The lowest BCUT2D eigenvalue weighted by Crippen LogP contribution is -2.62. The zero-order chi connectivity index (χ0) is 23.8. The molecule has 0 saturated carbocycles. The third-order valence-electron chi connectivity index (χ3n) is 6.62. The summed E-state index contributed by atoms with van der Waals surface area (Å²) in [6, 6.07) is 7.03. The number of likely N-dealkylation sites (tertiary alicyclic amines) is 1. The molecule has 0 bridgehead atoms. The second kappa shape index (κ2) is 8.92. The second-order valence-corrected chi connectivity index (χ2v) is 10.8. The van der Waals surface area contributed by atoms with E-state index in [9.17, 15) is 14.7 Å². The highest BCUT2D eigenvalue weighted by Crippen LogP contribution is 2.33. The maximum atomic E-state index is 13.2. The Balaban J connectivity index is 1.72. The maximum absolute atomic E-state index is 13.2. The molecule has 0 unspecified atom stereocenters. The predicted octanol–water partition coefficient (Wildman–Crippen LogP) is 3.02. The van der Waals surface area contributed by atoms with Gasteiger partial charge >= 0.3 is 0 Å². The van der Waals surface area contributed by atoms with E-state index in [4.69, 9.17) is 5.73 Å². The molecule has 174 valence electrons. The van der Waals surface area contributed by atoms with Crippen molar-refractivity contribution in [3.8, 4) is 10.4 Å². The lowest BCUT2D eigenvalue weighted by molar-refractivity contribution is -0.145. The molecule has 2 heterocycles. The Labute approximate surface area is 194 Å². The van der Waals surface area contributed by atoms with E-state index in [2.05, 4.69) is 10.3 Å². The highest BCUT2D eigenvalue weighted by atomic mass is 32.1. The second-order valence-electron chi connectivity index (χ2n) is 9.93. The van der Waals surface area contributed by atoms with Crippen molar-refractivity contribution in [2.24, 2.45) is 11.1 Å². The van der Waals surface area contributed by atoms with Gasteiger partial charge in [-0.05, 0) is 37.3 Å². The van der Waals surface area contributed by atoms with Crippen LogP contribution in [0.4, 0.5) is 0 Å². The fraction of sp³-hybridized carbons (Fsp3) is 0.542. The van der Waals surface area contributed by atoms with Crippen LogP contribution in [0.25, 0.3) is 10.4 Å². The number of aliphatic hydroxyl groups is 1. The summed E-state index contributed by atoms with van der Waals surface area (Å²) in [6.45, 7) is 11.4. The quantitative estimate of drug-likeness (QED) is 0.638. The highest BCUT2D eigenvalue weighted by molar-refractivity contribution is 7.13. The number of amides is 2. The first-order valence-electron chi connectivity index (χ1n) is 10.9. The van der Waals surface area contributed by atoms with E-state index in [0.717, 1.165) is 21.7 Å². The smallest absolute Gasteiger partial charge is 0.243 e. The Morgan fingerprint density at radius 3 is 2.41 bits per heavy atom. The lowest BCUT2D eigenvalue weighted by atomic mass is 9.74. The van der Waals surface area contributed by atoms with Gasteiger partial charge in [-0.1, -0.05) is 45.0 Å². The van der Waals surface area contributed by atoms with Gasteiger partial charge in [0.05, 0.1) is 33.8 Å². The van der Waals surface area contributed by atoms with Crippen LogP contribution >= 0.6 is 11.3 Å². The van der Waals surface area contributed by atoms with Crippen LogP contribution in [0, 0.1) is 12.3 Å². The van der Waals surface area contributed by atoms with Gasteiger partial charge in [-0.15, -0.1) is 11.3 Å². The van der Waals surface area contributed by atoms with Crippen molar-refractivity contribution in [2.75, 3.05) is 6.54 Å². The number of hydrogen-bond donors (Lipinski definition) is 3. The first-order valence-corrected chi connectivity index (χ1v) is 11.8. The molecule has 4 N–H and O–H groups in total. The summed E-state index contributed by atoms with van der Waals surface area (Å²) in [5.41, 5.74) is 9.59. The van der Waals surface area contributed by atoms with Crippen LogP contribution in [-0.2, 0) is 9.59 Å². The topological polar surface area (TPSA) is 109 Å². The molecule has 8 heteroatoms. The molecule has 1 aliphatic heterocycles. The first-order chi connectivity index (χ1) is 14.8. The number of carbonyl (C=O) groups is 2. The minimum Gasteiger partial charge on any atom is -0.391 e. The molecule has 1 aliphatic rings. The molecule has 7 nitrogen and oxygen atoms in total. The zero-order valence-electron chi connectivity index (χ0n) is 19.7. The molecule has 32 heavy (non-hydrogen) atoms. The molecular formula is C24H34N4O3S. The van der Waals surface area contributed by atoms with Gasteiger partial charge in [0.25, 0.3) is 0 Å². The molecule has 1 aromatic heterocycles. The van der Waals surface area contributed by atoms with E-state index in [1.165, 1.54) is 4.90 Å². The van der Waals surface area contributed by atoms with Crippen molar-refractivity contribution in [3.63, 3.8) is 0 Å². The maximum Gasteiger partial charge on any atom is 0.243 e. The summed E-state index contributed by atoms with van der Waals surface area (Å²) in [7, 11) is 0. The predicted molar refractivity (Wildman–Crippen MR) is 127 cm³/mol. The number of hydrogen-bond acceptors (Lipinski definition) is 6. The monoisotopic (exact) mass is 458 g/mol. The van der Waals surface area contributed by atoms with Gasteiger partial charge in [-0.2, -0.15) is 0 Å². The summed E-state index contributed by atoms with van der Waals surface area (Å²) in [5, 5.41) is 13.2. The van der Waals surface area contributed by atoms with Crippen LogP contribution in [0.1, 0.15) is 58.3 Å². The van der Waals surface area contributed by atoms with Crippen LogP contribution in [0.15, 0.2) is 29.8 Å². The minimum absolute atomic E-state index is 0.108. The molecule has 1 fully saturated rings. The largest absolute Gasteiger partial charge is 0.391 e. The van der Waals surface area contributed by atoms with Crippen LogP contribution in [-0.4, -0.2) is 51.0 Å². The number of nitrogens with zero attached hydrogens (tertiary/aromatic N) is 2. The van der Waals surface area contributed by atoms with Gasteiger partial charge in [0, 0.05) is 13.0 Å². The van der Waals surface area contributed by atoms with Crippen LogP contribution < -0.4 is 11.1 Å². The Morgan fingerprint density at radius 2 is 1.88 bits per heavy atom. The van der Waals surface area contributed by atoms with E-state index in [1.54, 1.807) is 18.3 Å². The van der Waals surface area contributed by atoms with Gasteiger partial charge in [-0.25, -0.2) is 4.98 Å². The molecule has 2 amide bonds. The number of aromatic nitrogens is 1. The summed E-state index contributed by atoms with van der Waals surface area (Å²) >= 11 is 1.60. The van der Waals surface area contributed by atoms with E-state index < -0.39 is 23.1 Å². The Hall–Kier alpha value is -2.29. The van der Waals surface area contributed by atoms with Gasteiger partial charge < -0.3 is 21.1 Å². The van der Waals surface area contributed by atoms with Gasteiger partial charge in [0.1, 0.15) is 6.04 Å². The van der Waals surface area contributed by atoms with Gasteiger partial charge in [0.2, 0.25) is 11.8 Å². The Morgan fingerprint density at radius 1 is 1.25 bits per heavy atom. The molecule has 4 atom stereocenters.